The fourth-order valence-electron chi connectivity index (χ4n) is 2.93. The first-order valence-corrected chi connectivity index (χ1v) is 8.40. The Morgan fingerprint density at radius 1 is 0.842 bits per heavy atom. The summed E-state index contributed by atoms with van der Waals surface area (Å²) in [6.07, 6.45) is 13.1. The van der Waals surface area contributed by atoms with Gasteiger partial charge >= 0.3 is 5.97 Å². The Hall–Kier alpha value is -0.530. The van der Waals surface area contributed by atoms with E-state index in [-0.39, 0.29) is 5.92 Å². The molecule has 0 aromatic heterocycles. The molecule has 0 radical (unpaired) electrons. The van der Waals surface area contributed by atoms with Crippen LogP contribution in [0, 0.1) is 11.8 Å². The van der Waals surface area contributed by atoms with E-state index in [9.17, 15) is 9.90 Å². The zero-order chi connectivity index (χ0) is 14.5. The Balaban J connectivity index is 3.82. The van der Waals surface area contributed by atoms with E-state index in [2.05, 4.69) is 20.8 Å². The molecule has 114 valence electrons. The standard InChI is InChI=1S/C17H34O2/c1-4-7-8-9-10-11-12-14-15(6-3)16(13-5-2)17(18)19/h15-16H,4-14H2,1-3H3,(H,18,19). The molecule has 2 nitrogen and oxygen atoms in total. The van der Waals surface area contributed by atoms with Gasteiger partial charge in [-0.15, -0.1) is 0 Å². The molecule has 0 fully saturated rings. The highest BCUT2D eigenvalue weighted by Gasteiger charge is 2.25. The average molecular weight is 270 g/mol. The van der Waals surface area contributed by atoms with E-state index in [1.54, 1.807) is 0 Å². The SMILES string of the molecule is CCCCCCCCCC(CC)C(CCC)C(=O)O. The van der Waals surface area contributed by atoms with Gasteiger partial charge in [0.05, 0.1) is 5.92 Å². The second kappa shape index (κ2) is 12.5. The van der Waals surface area contributed by atoms with Crippen LogP contribution in [0.5, 0.6) is 0 Å². The summed E-state index contributed by atoms with van der Waals surface area (Å²) >= 11 is 0. The first kappa shape index (κ1) is 18.5. The number of carbonyl (C=O) groups is 1. The summed E-state index contributed by atoms with van der Waals surface area (Å²) in [7, 11) is 0. The third-order valence-electron chi connectivity index (χ3n) is 4.19. The molecular weight excluding hydrogens is 236 g/mol. The molecule has 2 heteroatoms. The van der Waals surface area contributed by atoms with Crippen molar-refractivity contribution in [3.05, 3.63) is 0 Å². The number of rotatable bonds is 13. The van der Waals surface area contributed by atoms with Crippen LogP contribution in [0.15, 0.2) is 0 Å². The quantitative estimate of drug-likeness (QED) is 0.439. The number of carboxylic acids is 1. The molecule has 0 aliphatic carbocycles. The van der Waals surface area contributed by atoms with Gasteiger partial charge in [-0.3, -0.25) is 4.79 Å². The second-order valence-electron chi connectivity index (χ2n) is 5.81. The number of unbranched alkanes of at least 4 members (excludes halogenated alkanes) is 6. The van der Waals surface area contributed by atoms with Crippen molar-refractivity contribution in [3.63, 3.8) is 0 Å². The van der Waals surface area contributed by atoms with E-state index in [1.165, 1.54) is 44.9 Å². The van der Waals surface area contributed by atoms with Crippen molar-refractivity contribution in [3.8, 4) is 0 Å². The van der Waals surface area contributed by atoms with E-state index < -0.39 is 5.97 Å². The Bertz CT molecular complexity index is 213. The van der Waals surface area contributed by atoms with Gasteiger partial charge in [-0.1, -0.05) is 78.6 Å². The molecule has 2 atom stereocenters. The lowest BCUT2D eigenvalue weighted by atomic mass is 9.83. The van der Waals surface area contributed by atoms with E-state index in [4.69, 9.17) is 0 Å². The third-order valence-corrected chi connectivity index (χ3v) is 4.19. The van der Waals surface area contributed by atoms with Gasteiger partial charge in [-0.2, -0.15) is 0 Å². The minimum atomic E-state index is -0.586. The summed E-state index contributed by atoms with van der Waals surface area (Å²) in [6, 6.07) is 0. The van der Waals surface area contributed by atoms with Crippen molar-refractivity contribution < 1.29 is 9.90 Å². The summed E-state index contributed by atoms with van der Waals surface area (Å²) in [5.41, 5.74) is 0. The summed E-state index contributed by atoms with van der Waals surface area (Å²) in [5.74, 6) is -0.320. The molecule has 0 aliphatic rings. The largest absolute Gasteiger partial charge is 0.481 e. The Morgan fingerprint density at radius 2 is 1.42 bits per heavy atom. The van der Waals surface area contributed by atoms with Crippen molar-refractivity contribution in [2.75, 3.05) is 0 Å². The van der Waals surface area contributed by atoms with Crippen LogP contribution in [0.1, 0.15) is 91.4 Å². The minimum Gasteiger partial charge on any atom is -0.481 e. The van der Waals surface area contributed by atoms with Crippen molar-refractivity contribution in [2.45, 2.75) is 91.4 Å². The summed E-state index contributed by atoms with van der Waals surface area (Å²) in [4.78, 5) is 11.3. The molecule has 0 bridgehead atoms. The van der Waals surface area contributed by atoms with Gasteiger partial charge in [0.2, 0.25) is 0 Å². The molecule has 19 heavy (non-hydrogen) atoms. The van der Waals surface area contributed by atoms with Crippen LogP contribution in [0.4, 0.5) is 0 Å². The monoisotopic (exact) mass is 270 g/mol. The summed E-state index contributed by atoms with van der Waals surface area (Å²) in [6.45, 7) is 6.46. The highest BCUT2D eigenvalue weighted by Crippen LogP contribution is 2.27. The van der Waals surface area contributed by atoms with Crippen molar-refractivity contribution in [1.82, 2.24) is 0 Å². The number of carboxylic acid groups (broad SMARTS) is 1. The molecule has 0 spiro atoms. The van der Waals surface area contributed by atoms with Crippen LogP contribution < -0.4 is 0 Å². The molecule has 0 amide bonds. The lowest BCUT2D eigenvalue weighted by molar-refractivity contribution is -0.144. The first-order chi connectivity index (χ1) is 9.17. The molecule has 0 aromatic rings. The molecule has 0 aliphatic heterocycles. The predicted molar refractivity (Wildman–Crippen MR) is 82.4 cm³/mol. The van der Waals surface area contributed by atoms with Crippen LogP contribution in [-0.2, 0) is 4.79 Å². The maximum absolute atomic E-state index is 11.3. The van der Waals surface area contributed by atoms with Gasteiger partial charge in [0.25, 0.3) is 0 Å². The Labute approximate surface area is 120 Å². The predicted octanol–water partition coefficient (Wildman–Crippen LogP) is 5.65. The average Bonchev–Trinajstić information content (AvgIpc) is 2.40. The van der Waals surface area contributed by atoms with Crippen LogP contribution in [0.3, 0.4) is 0 Å². The van der Waals surface area contributed by atoms with Crippen molar-refractivity contribution in [1.29, 1.82) is 0 Å². The van der Waals surface area contributed by atoms with Crippen LogP contribution in [0.25, 0.3) is 0 Å². The summed E-state index contributed by atoms with van der Waals surface area (Å²) < 4.78 is 0. The zero-order valence-electron chi connectivity index (χ0n) is 13.3. The first-order valence-electron chi connectivity index (χ1n) is 8.40. The van der Waals surface area contributed by atoms with Gasteiger partial charge < -0.3 is 5.11 Å². The van der Waals surface area contributed by atoms with Crippen molar-refractivity contribution >= 4 is 5.97 Å². The van der Waals surface area contributed by atoms with Crippen LogP contribution >= 0.6 is 0 Å². The molecule has 1 N–H and O–H groups in total. The number of hydrogen-bond donors (Lipinski definition) is 1. The van der Waals surface area contributed by atoms with Crippen molar-refractivity contribution in [2.24, 2.45) is 11.8 Å². The number of aliphatic carboxylic acids is 1. The van der Waals surface area contributed by atoms with Crippen LogP contribution in [0.2, 0.25) is 0 Å². The lowest BCUT2D eigenvalue weighted by Crippen LogP contribution is -2.23. The van der Waals surface area contributed by atoms with E-state index >= 15 is 0 Å². The lowest BCUT2D eigenvalue weighted by Gasteiger charge is -2.22. The fraction of sp³-hybridized carbons (Fsp3) is 0.941. The molecule has 2 unspecified atom stereocenters. The van der Waals surface area contributed by atoms with E-state index in [0.29, 0.717) is 5.92 Å². The normalized spacial score (nSPS) is 14.3. The molecule has 0 saturated heterocycles. The Morgan fingerprint density at radius 3 is 1.89 bits per heavy atom. The van der Waals surface area contributed by atoms with Crippen LogP contribution in [-0.4, -0.2) is 11.1 Å². The minimum absolute atomic E-state index is 0.116. The fourth-order valence-corrected chi connectivity index (χ4v) is 2.93. The van der Waals surface area contributed by atoms with Gasteiger partial charge in [0.15, 0.2) is 0 Å². The highest BCUT2D eigenvalue weighted by atomic mass is 16.4. The maximum Gasteiger partial charge on any atom is 0.306 e. The van der Waals surface area contributed by atoms with Gasteiger partial charge in [-0.25, -0.2) is 0 Å². The third kappa shape index (κ3) is 9.07. The zero-order valence-corrected chi connectivity index (χ0v) is 13.3. The Kier molecular flexibility index (Phi) is 12.2. The topological polar surface area (TPSA) is 37.3 Å². The molecule has 0 heterocycles. The maximum atomic E-state index is 11.3. The van der Waals surface area contributed by atoms with E-state index in [1.807, 2.05) is 0 Å². The molecular formula is C17H34O2. The van der Waals surface area contributed by atoms with Gasteiger partial charge in [-0.05, 0) is 18.8 Å². The highest BCUT2D eigenvalue weighted by molar-refractivity contribution is 5.70. The molecule has 0 aromatic carbocycles. The summed E-state index contributed by atoms with van der Waals surface area (Å²) in [5, 5.41) is 9.31. The van der Waals surface area contributed by atoms with Gasteiger partial charge in [0.1, 0.15) is 0 Å². The number of hydrogen-bond acceptors (Lipinski definition) is 1. The molecule has 0 saturated carbocycles. The second-order valence-corrected chi connectivity index (χ2v) is 5.81. The van der Waals surface area contributed by atoms with Gasteiger partial charge in [0, 0.05) is 0 Å². The molecule has 0 rings (SSSR count). The van der Waals surface area contributed by atoms with E-state index in [0.717, 1.165) is 25.7 Å². The smallest absolute Gasteiger partial charge is 0.306 e.